The summed E-state index contributed by atoms with van der Waals surface area (Å²) in [5.74, 6) is 1.39. The highest BCUT2D eigenvalue weighted by Gasteiger charge is 2.36. The number of rotatable bonds is 2. The third-order valence-electron chi connectivity index (χ3n) is 5.39. The standard InChI is InChI=1S/C17H23N3O2/c1-17(2)10-22-15-8-18-13(7-12(15)17)16(21)19-14-9-20-5-3-11(14)4-6-20/h7-8,11,14H,3-6,9-10H2,1-2H3,(H,19,21). The van der Waals surface area contributed by atoms with E-state index in [0.717, 1.165) is 17.9 Å². The summed E-state index contributed by atoms with van der Waals surface area (Å²) in [6, 6.07) is 2.17. The van der Waals surface area contributed by atoms with E-state index in [9.17, 15) is 4.79 Å². The van der Waals surface area contributed by atoms with Crippen molar-refractivity contribution in [1.29, 1.82) is 0 Å². The van der Waals surface area contributed by atoms with E-state index in [4.69, 9.17) is 4.74 Å². The summed E-state index contributed by atoms with van der Waals surface area (Å²) in [5.41, 5.74) is 1.54. The molecular weight excluding hydrogens is 278 g/mol. The van der Waals surface area contributed by atoms with Gasteiger partial charge in [-0.25, -0.2) is 4.98 Å². The van der Waals surface area contributed by atoms with Gasteiger partial charge in [0.15, 0.2) is 0 Å². The molecule has 1 unspecified atom stereocenters. The van der Waals surface area contributed by atoms with Gasteiger partial charge in [-0.3, -0.25) is 4.79 Å². The van der Waals surface area contributed by atoms with Gasteiger partial charge in [-0.1, -0.05) is 13.8 Å². The Labute approximate surface area is 131 Å². The quantitative estimate of drug-likeness (QED) is 0.901. The molecule has 0 radical (unpaired) electrons. The van der Waals surface area contributed by atoms with Gasteiger partial charge in [0.1, 0.15) is 11.4 Å². The van der Waals surface area contributed by atoms with E-state index in [1.165, 1.54) is 25.9 Å². The van der Waals surface area contributed by atoms with Crippen molar-refractivity contribution in [3.8, 4) is 5.75 Å². The number of pyridine rings is 1. The number of hydrogen-bond donors (Lipinski definition) is 1. The van der Waals surface area contributed by atoms with Crippen LogP contribution in [-0.4, -0.2) is 48.1 Å². The summed E-state index contributed by atoms with van der Waals surface area (Å²) < 4.78 is 5.64. The Kier molecular flexibility index (Phi) is 3.15. The van der Waals surface area contributed by atoms with Crippen LogP contribution in [0, 0.1) is 5.92 Å². The molecule has 1 aromatic heterocycles. The van der Waals surface area contributed by atoms with Crippen LogP contribution < -0.4 is 10.1 Å². The SMILES string of the molecule is CC1(C)COc2cnc(C(=O)NC3CN4CCC3CC4)cc21. The smallest absolute Gasteiger partial charge is 0.270 e. The molecule has 3 fully saturated rings. The lowest BCUT2D eigenvalue weighted by Gasteiger charge is -2.44. The van der Waals surface area contributed by atoms with Crippen LogP contribution in [0.5, 0.6) is 5.75 Å². The molecule has 2 bridgehead atoms. The number of carbonyl (C=O) groups is 1. The summed E-state index contributed by atoms with van der Waals surface area (Å²) >= 11 is 0. The number of amides is 1. The number of nitrogens with zero attached hydrogens (tertiary/aromatic N) is 2. The molecule has 5 heterocycles. The number of fused-ring (bicyclic) bond motifs is 4. The molecule has 0 saturated carbocycles. The molecular formula is C17H23N3O2. The van der Waals surface area contributed by atoms with E-state index in [0.29, 0.717) is 18.2 Å². The molecule has 1 N–H and O–H groups in total. The molecule has 0 aromatic carbocycles. The minimum absolute atomic E-state index is 0.0516. The normalized spacial score (nSPS) is 31.5. The van der Waals surface area contributed by atoms with Crippen LogP contribution in [0.3, 0.4) is 0 Å². The average Bonchev–Trinajstić information content (AvgIpc) is 2.83. The first-order chi connectivity index (χ1) is 10.5. The fraction of sp³-hybridized carbons (Fsp3) is 0.647. The van der Waals surface area contributed by atoms with Gasteiger partial charge in [-0.2, -0.15) is 0 Å². The highest BCUT2D eigenvalue weighted by atomic mass is 16.5. The van der Waals surface area contributed by atoms with Gasteiger partial charge in [-0.05, 0) is 37.9 Å². The van der Waals surface area contributed by atoms with E-state index in [1.807, 2.05) is 6.07 Å². The third-order valence-corrected chi connectivity index (χ3v) is 5.39. The highest BCUT2D eigenvalue weighted by Crippen LogP contribution is 2.38. The lowest BCUT2D eigenvalue weighted by molar-refractivity contribution is 0.0617. The summed E-state index contributed by atoms with van der Waals surface area (Å²) in [6.45, 7) is 8.26. The third kappa shape index (κ3) is 2.28. The predicted octanol–water partition coefficient (Wildman–Crippen LogP) is 1.58. The first-order valence-electron chi connectivity index (χ1n) is 8.19. The minimum atomic E-state index is -0.0527. The van der Waals surface area contributed by atoms with Crippen molar-refractivity contribution in [3.05, 3.63) is 23.5 Å². The van der Waals surface area contributed by atoms with E-state index >= 15 is 0 Å². The van der Waals surface area contributed by atoms with Gasteiger partial charge in [0.25, 0.3) is 5.91 Å². The zero-order chi connectivity index (χ0) is 15.3. The fourth-order valence-electron chi connectivity index (χ4n) is 3.92. The van der Waals surface area contributed by atoms with Crippen molar-refractivity contribution < 1.29 is 9.53 Å². The van der Waals surface area contributed by atoms with E-state index in [1.54, 1.807) is 6.20 Å². The molecule has 1 amide bonds. The molecule has 4 aliphatic rings. The summed E-state index contributed by atoms with van der Waals surface area (Å²) in [7, 11) is 0. The van der Waals surface area contributed by atoms with Crippen molar-refractivity contribution in [2.45, 2.75) is 38.1 Å². The molecule has 118 valence electrons. The zero-order valence-electron chi connectivity index (χ0n) is 13.3. The molecule has 1 atom stereocenters. The van der Waals surface area contributed by atoms with Crippen molar-refractivity contribution in [2.75, 3.05) is 26.2 Å². The summed E-state index contributed by atoms with van der Waals surface area (Å²) in [6.07, 6.45) is 4.09. The van der Waals surface area contributed by atoms with Gasteiger partial charge in [0.05, 0.1) is 12.8 Å². The monoisotopic (exact) mass is 301 g/mol. The number of nitrogens with one attached hydrogen (secondary N) is 1. The Balaban J connectivity index is 1.52. The Hall–Kier alpha value is -1.62. The molecule has 0 spiro atoms. The van der Waals surface area contributed by atoms with Crippen LogP contribution in [0.25, 0.3) is 0 Å². The van der Waals surface area contributed by atoms with E-state index in [2.05, 4.69) is 29.0 Å². The lowest BCUT2D eigenvalue weighted by Crippen LogP contribution is -2.57. The van der Waals surface area contributed by atoms with Crippen molar-refractivity contribution >= 4 is 5.91 Å². The molecule has 1 aromatic rings. The first-order valence-corrected chi connectivity index (χ1v) is 8.19. The van der Waals surface area contributed by atoms with Gasteiger partial charge in [-0.15, -0.1) is 0 Å². The van der Waals surface area contributed by atoms with Crippen LogP contribution in [0.2, 0.25) is 0 Å². The first kappa shape index (κ1) is 14.0. The average molecular weight is 301 g/mol. The second kappa shape index (κ2) is 4.95. The van der Waals surface area contributed by atoms with Crippen LogP contribution in [0.1, 0.15) is 42.7 Å². The Morgan fingerprint density at radius 3 is 2.86 bits per heavy atom. The van der Waals surface area contributed by atoms with Gasteiger partial charge in [0.2, 0.25) is 0 Å². The summed E-state index contributed by atoms with van der Waals surface area (Å²) in [5, 5.41) is 3.20. The number of hydrogen-bond acceptors (Lipinski definition) is 4. The molecule has 5 heteroatoms. The number of piperidine rings is 3. The Morgan fingerprint density at radius 2 is 2.18 bits per heavy atom. The summed E-state index contributed by atoms with van der Waals surface area (Å²) in [4.78, 5) is 19.3. The van der Waals surface area contributed by atoms with Gasteiger partial charge < -0.3 is 15.0 Å². The van der Waals surface area contributed by atoms with E-state index in [-0.39, 0.29) is 17.4 Å². The van der Waals surface area contributed by atoms with Crippen molar-refractivity contribution in [3.63, 3.8) is 0 Å². The van der Waals surface area contributed by atoms with Crippen molar-refractivity contribution in [2.24, 2.45) is 5.92 Å². The largest absolute Gasteiger partial charge is 0.491 e. The zero-order valence-corrected chi connectivity index (χ0v) is 13.3. The second-order valence-corrected chi connectivity index (χ2v) is 7.46. The Morgan fingerprint density at radius 1 is 1.41 bits per heavy atom. The predicted molar refractivity (Wildman–Crippen MR) is 83.2 cm³/mol. The molecule has 3 saturated heterocycles. The van der Waals surface area contributed by atoms with E-state index < -0.39 is 0 Å². The molecule has 4 aliphatic heterocycles. The number of ether oxygens (including phenoxy) is 1. The lowest BCUT2D eigenvalue weighted by atomic mass is 9.84. The van der Waals surface area contributed by atoms with Crippen LogP contribution in [0.4, 0.5) is 0 Å². The number of carbonyl (C=O) groups excluding carboxylic acids is 1. The maximum Gasteiger partial charge on any atom is 0.270 e. The highest BCUT2D eigenvalue weighted by molar-refractivity contribution is 5.93. The molecule has 0 aliphatic carbocycles. The molecule has 5 nitrogen and oxygen atoms in total. The van der Waals surface area contributed by atoms with Crippen molar-refractivity contribution in [1.82, 2.24) is 15.2 Å². The second-order valence-electron chi connectivity index (χ2n) is 7.46. The van der Waals surface area contributed by atoms with Gasteiger partial charge in [0, 0.05) is 23.6 Å². The van der Waals surface area contributed by atoms with Crippen LogP contribution >= 0.6 is 0 Å². The topological polar surface area (TPSA) is 54.5 Å². The Bertz CT molecular complexity index is 606. The maximum absolute atomic E-state index is 12.6. The van der Waals surface area contributed by atoms with Gasteiger partial charge >= 0.3 is 0 Å². The fourth-order valence-corrected chi connectivity index (χ4v) is 3.92. The minimum Gasteiger partial charge on any atom is -0.491 e. The number of aromatic nitrogens is 1. The van der Waals surface area contributed by atoms with Crippen LogP contribution in [0.15, 0.2) is 12.3 Å². The molecule has 22 heavy (non-hydrogen) atoms. The molecule has 5 rings (SSSR count). The van der Waals surface area contributed by atoms with Crippen LogP contribution in [-0.2, 0) is 5.41 Å². The maximum atomic E-state index is 12.6.